The van der Waals surface area contributed by atoms with Gasteiger partial charge in [0.25, 0.3) is 0 Å². The van der Waals surface area contributed by atoms with Gasteiger partial charge < -0.3 is 14.8 Å². The van der Waals surface area contributed by atoms with Gasteiger partial charge in [0.05, 0.1) is 5.70 Å². The van der Waals surface area contributed by atoms with Crippen LogP contribution in [0.2, 0.25) is 0 Å². The molecule has 1 aromatic carbocycles. The van der Waals surface area contributed by atoms with Crippen molar-refractivity contribution in [2.24, 2.45) is 0 Å². The van der Waals surface area contributed by atoms with Crippen LogP contribution in [0.25, 0.3) is 5.70 Å². The van der Waals surface area contributed by atoms with Crippen LogP contribution in [0.3, 0.4) is 0 Å². The van der Waals surface area contributed by atoms with Gasteiger partial charge in [-0.15, -0.1) is 0 Å². The molecule has 0 saturated heterocycles. The zero-order valence-corrected chi connectivity index (χ0v) is 9.40. The van der Waals surface area contributed by atoms with E-state index in [4.69, 9.17) is 9.47 Å². The predicted molar refractivity (Wildman–Crippen MR) is 61.2 cm³/mol. The molecule has 1 rings (SSSR count). The second kappa shape index (κ2) is 6.63. The third-order valence-electron chi connectivity index (χ3n) is 1.78. The quantitative estimate of drug-likeness (QED) is 0.468. The number of methoxy groups -OCH3 is 1. The lowest BCUT2D eigenvalue weighted by atomic mass is 10.2. The highest BCUT2D eigenvalue weighted by Gasteiger charge is 2.02. The second-order valence-electron chi connectivity index (χ2n) is 3.15. The van der Waals surface area contributed by atoms with Gasteiger partial charge in [-0.25, -0.2) is 0 Å². The van der Waals surface area contributed by atoms with Crippen molar-refractivity contribution in [3.05, 3.63) is 42.2 Å². The summed E-state index contributed by atoms with van der Waals surface area (Å²) in [5, 5.41) is 2.70. The standard InChI is InChI=1S/C12H15NO3/c1-10(14)13-12(8-16-9-15-2)11-6-4-3-5-7-11/h3-8H,9H2,1-2H3,(H,13,14)/b12-8-. The normalized spacial score (nSPS) is 11.0. The fraction of sp³-hybridized carbons (Fsp3) is 0.250. The molecular formula is C12H15NO3. The number of hydrogen-bond acceptors (Lipinski definition) is 3. The van der Waals surface area contributed by atoms with Crippen molar-refractivity contribution in [2.75, 3.05) is 13.9 Å². The predicted octanol–water partition coefficient (Wildman–Crippen LogP) is 1.74. The molecule has 86 valence electrons. The van der Waals surface area contributed by atoms with E-state index in [-0.39, 0.29) is 12.7 Å². The smallest absolute Gasteiger partial charge is 0.221 e. The van der Waals surface area contributed by atoms with Crippen molar-refractivity contribution in [3.8, 4) is 0 Å². The van der Waals surface area contributed by atoms with Gasteiger partial charge in [0.15, 0.2) is 6.79 Å². The number of ether oxygens (including phenoxy) is 2. The molecule has 4 nitrogen and oxygen atoms in total. The average molecular weight is 221 g/mol. The first-order valence-corrected chi connectivity index (χ1v) is 4.87. The lowest BCUT2D eigenvalue weighted by Gasteiger charge is -2.08. The molecule has 0 aliphatic carbocycles. The van der Waals surface area contributed by atoms with Crippen LogP contribution in [-0.2, 0) is 14.3 Å². The molecule has 0 fully saturated rings. The zero-order chi connectivity index (χ0) is 11.8. The largest absolute Gasteiger partial charge is 0.473 e. The van der Waals surface area contributed by atoms with Crippen molar-refractivity contribution < 1.29 is 14.3 Å². The molecular weight excluding hydrogens is 206 g/mol. The number of benzene rings is 1. The van der Waals surface area contributed by atoms with E-state index in [1.165, 1.54) is 20.3 Å². The molecule has 1 amide bonds. The van der Waals surface area contributed by atoms with Crippen molar-refractivity contribution in [1.29, 1.82) is 0 Å². The molecule has 0 heterocycles. The monoisotopic (exact) mass is 221 g/mol. The Labute approximate surface area is 94.9 Å². The highest BCUT2D eigenvalue weighted by molar-refractivity contribution is 5.84. The Morgan fingerprint density at radius 2 is 2.06 bits per heavy atom. The zero-order valence-electron chi connectivity index (χ0n) is 9.40. The minimum atomic E-state index is -0.142. The molecule has 0 radical (unpaired) electrons. The summed E-state index contributed by atoms with van der Waals surface area (Å²) in [5.41, 5.74) is 1.50. The first-order valence-electron chi connectivity index (χ1n) is 4.87. The lowest BCUT2D eigenvalue weighted by Crippen LogP contribution is -2.18. The third kappa shape index (κ3) is 4.14. The molecule has 0 saturated carbocycles. The number of hydrogen-bond donors (Lipinski definition) is 1. The third-order valence-corrected chi connectivity index (χ3v) is 1.78. The van der Waals surface area contributed by atoms with Gasteiger partial charge in [0.2, 0.25) is 5.91 Å². The SMILES string of the molecule is COCO/C=C(\NC(C)=O)c1ccccc1. The minimum Gasteiger partial charge on any atom is -0.473 e. The van der Waals surface area contributed by atoms with Gasteiger partial charge in [0.1, 0.15) is 6.26 Å². The minimum absolute atomic E-state index is 0.142. The Bertz CT molecular complexity index is 360. The fourth-order valence-electron chi connectivity index (χ4n) is 1.16. The summed E-state index contributed by atoms with van der Waals surface area (Å²) in [5.74, 6) is -0.142. The van der Waals surface area contributed by atoms with Gasteiger partial charge in [0, 0.05) is 19.6 Å². The Balaban J connectivity index is 2.79. The van der Waals surface area contributed by atoms with Crippen molar-refractivity contribution in [1.82, 2.24) is 5.32 Å². The highest BCUT2D eigenvalue weighted by Crippen LogP contribution is 2.10. The van der Waals surface area contributed by atoms with E-state index in [0.717, 1.165) is 5.56 Å². The van der Waals surface area contributed by atoms with E-state index in [1.807, 2.05) is 30.3 Å². The Kier molecular flexibility index (Phi) is 5.08. The van der Waals surface area contributed by atoms with E-state index in [1.54, 1.807) is 0 Å². The summed E-state index contributed by atoms with van der Waals surface area (Å²) in [4.78, 5) is 11.0. The van der Waals surface area contributed by atoms with Gasteiger partial charge in [-0.1, -0.05) is 30.3 Å². The van der Waals surface area contributed by atoms with Crippen LogP contribution < -0.4 is 5.32 Å². The molecule has 4 heteroatoms. The Morgan fingerprint density at radius 1 is 1.38 bits per heavy atom. The Morgan fingerprint density at radius 3 is 2.62 bits per heavy atom. The first-order chi connectivity index (χ1) is 7.74. The highest BCUT2D eigenvalue weighted by atomic mass is 16.7. The molecule has 0 bridgehead atoms. The fourth-order valence-corrected chi connectivity index (χ4v) is 1.16. The van der Waals surface area contributed by atoms with E-state index in [0.29, 0.717) is 5.70 Å². The summed E-state index contributed by atoms with van der Waals surface area (Å²) < 4.78 is 9.85. The first kappa shape index (κ1) is 12.3. The summed E-state index contributed by atoms with van der Waals surface area (Å²) in [6.07, 6.45) is 1.47. The summed E-state index contributed by atoms with van der Waals surface area (Å²) in [7, 11) is 1.54. The van der Waals surface area contributed by atoms with Gasteiger partial charge in [-0.05, 0) is 0 Å². The molecule has 0 atom stereocenters. The van der Waals surface area contributed by atoms with Crippen LogP contribution in [0.4, 0.5) is 0 Å². The number of carbonyl (C=O) groups excluding carboxylic acids is 1. The maximum absolute atomic E-state index is 11.0. The summed E-state index contributed by atoms with van der Waals surface area (Å²) >= 11 is 0. The molecule has 0 unspecified atom stereocenters. The van der Waals surface area contributed by atoms with Gasteiger partial charge in [-0.2, -0.15) is 0 Å². The Hall–Kier alpha value is -1.81. The van der Waals surface area contributed by atoms with E-state index < -0.39 is 0 Å². The van der Waals surface area contributed by atoms with Crippen LogP contribution in [0.15, 0.2) is 36.6 Å². The maximum atomic E-state index is 11.0. The van der Waals surface area contributed by atoms with E-state index in [9.17, 15) is 4.79 Å². The number of carbonyl (C=O) groups is 1. The number of nitrogens with one attached hydrogen (secondary N) is 1. The second-order valence-corrected chi connectivity index (χ2v) is 3.15. The summed E-state index contributed by atoms with van der Waals surface area (Å²) in [6.45, 7) is 1.60. The topological polar surface area (TPSA) is 47.6 Å². The molecule has 0 aliphatic heterocycles. The number of amides is 1. The van der Waals surface area contributed by atoms with Crippen LogP contribution in [0.1, 0.15) is 12.5 Å². The molecule has 0 aromatic heterocycles. The van der Waals surface area contributed by atoms with Gasteiger partial charge >= 0.3 is 0 Å². The van der Waals surface area contributed by atoms with E-state index in [2.05, 4.69) is 5.32 Å². The lowest BCUT2D eigenvalue weighted by molar-refractivity contribution is -0.117. The van der Waals surface area contributed by atoms with Crippen LogP contribution >= 0.6 is 0 Å². The van der Waals surface area contributed by atoms with Crippen molar-refractivity contribution >= 4 is 11.6 Å². The number of rotatable bonds is 5. The van der Waals surface area contributed by atoms with Crippen LogP contribution in [-0.4, -0.2) is 19.8 Å². The molecule has 1 aromatic rings. The molecule has 16 heavy (non-hydrogen) atoms. The van der Waals surface area contributed by atoms with Crippen LogP contribution in [0.5, 0.6) is 0 Å². The molecule has 0 aliphatic rings. The van der Waals surface area contributed by atoms with Crippen LogP contribution in [0, 0.1) is 0 Å². The van der Waals surface area contributed by atoms with E-state index >= 15 is 0 Å². The molecule has 1 N–H and O–H groups in total. The average Bonchev–Trinajstić information content (AvgIpc) is 2.29. The maximum Gasteiger partial charge on any atom is 0.221 e. The summed E-state index contributed by atoms with van der Waals surface area (Å²) in [6, 6.07) is 9.46. The molecule has 0 spiro atoms. The van der Waals surface area contributed by atoms with Crippen molar-refractivity contribution in [3.63, 3.8) is 0 Å². The van der Waals surface area contributed by atoms with Crippen molar-refractivity contribution in [2.45, 2.75) is 6.92 Å². The van der Waals surface area contributed by atoms with Gasteiger partial charge in [-0.3, -0.25) is 4.79 Å².